The molecule has 0 bridgehead atoms. The van der Waals surface area contributed by atoms with E-state index in [9.17, 15) is 0 Å². The third-order valence-corrected chi connectivity index (χ3v) is 5.33. The minimum Gasteiger partial charge on any atom is -0.493 e. The van der Waals surface area contributed by atoms with Crippen LogP contribution in [0.2, 0.25) is 0 Å². The number of piperidine rings is 1. The predicted octanol–water partition coefficient (Wildman–Crippen LogP) is 5.63. The van der Waals surface area contributed by atoms with Crippen molar-refractivity contribution in [3.05, 3.63) is 54.6 Å². The maximum Gasteiger partial charge on any atom is 0.127 e. The maximum atomic E-state index is 6.27. The molecule has 0 radical (unpaired) electrons. The van der Waals surface area contributed by atoms with Crippen molar-refractivity contribution in [1.82, 2.24) is 4.90 Å². The summed E-state index contributed by atoms with van der Waals surface area (Å²) in [5.41, 5.74) is 2.41. The number of para-hydroxylation sites is 1. The lowest BCUT2D eigenvalue weighted by Gasteiger charge is -2.28. The zero-order valence-corrected chi connectivity index (χ0v) is 15.5. The Kier molecular flexibility index (Phi) is 6.93. The second kappa shape index (κ2) is 9.62. The lowest BCUT2D eigenvalue weighted by Crippen LogP contribution is -2.32. The Balaban J connectivity index is 1.56. The maximum absolute atomic E-state index is 6.27. The summed E-state index contributed by atoms with van der Waals surface area (Å²) < 4.78 is 6.27. The molecule has 0 aliphatic carbocycles. The van der Waals surface area contributed by atoms with E-state index in [1.807, 2.05) is 0 Å². The summed E-state index contributed by atoms with van der Waals surface area (Å²) in [6.45, 7) is 6.89. The van der Waals surface area contributed by atoms with Crippen molar-refractivity contribution in [2.45, 2.75) is 39.0 Å². The third kappa shape index (κ3) is 5.34. The first-order chi connectivity index (χ1) is 12.4. The number of likely N-dealkylation sites (tertiary alicyclic amines) is 1. The van der Waals surface area contributed by atoms with E-state index in [-0.39, 0.29) is 0 Å². The molecule has 0 N–H and O–H groups in total. The highest BCUT2D eigenvalue weighted by molar-refractivity contribution is 5.70. The van der Waals surface area contributed by atoms with E-state index in [1.165, 1.54) is 62.9 Å². The number of hydrogen-bond acceptors (Lipinski definition) is 2. The fourth-order valence-electron chi connectivity index (χ4n) is 3.61. The van der Waals surface area contributed by atoms with Crippen molar-refractivity contribution >= 4 is 0 Å². The summed E-state index contributed by atoms with van der Waals surface area (Å²) in [7, 11) is 0. The molecule has 0 saturated carbocycles. The fourth-order valence-corrected chi connectivity index (χ4v) is 3.61. The normalized spacial score (nSPS) is 16.5. The standard InChI is InChI=1S/C23H31NO/c1-2-20(15-18-24-16-9-4-10-17-24)19-25-23-14-8-7-13-22(23)21-11-5-3-6-12-21/h3,5-8,11-14,20H,2,4,9-10,15-19H2,1H3. The summed E-state index contributed by atoms with van der Waals surface area (Å²) in [6.07, 6.45) is 6.58. The topological polar surface area (TPSA) is 12.5 Å². The Labute approximate surface area is 152 Å². The Morgan fingerprint density at radius 2 is 1.64 bits per heavy atom. The quantitative estimate of drug-likeness (QED) is 0.618. The van der Waals surface area contributed by atoms with Crippen LogP contribution in [-0.4, -0.2) is 31.1 Å². The van der Waals surface area contributed by atoms with Gasteiger partial charge in [0.05, 0.1) is 6.61 Å². The van der Waals surface area contributed by atoms with E-state index in [4.69, 9.17) is 4.74 Å². The van der Waals surface area contributed by atoms with Crippen molar-refractivity contribution < 1.29 is 4.74 Å². The molecule has 1 atom stereocenters. The second-order valence-corrected chi connectivity index (χ2v) is 7.14. The Hall–Kier alpha value is -1.80. The predicted molar refractivity (Wildman–Crippen MR) is 106 cm³/mol. The average Bonchev–Trinajstić information content (AvgIpc) is 2.70. The van der Waals surface area contributed by atoms with Crippen LogP contribution in [0.25, 0.3) is 11.1 Å². The van der Waals surface area contributed by atoms with Gasteiger partial charge in [0.1, 0.15) is 5.75 Å². The zero-order valence-electron chi connectivity index (χ0n) is 15.5. The van der Waals surface area contributed by atoms with Crippen LogP contribution in [0.15, 0.2) is 54.6 Å². The number of benzene rings is 2. The molecule has 0 spiro atoms. The molecule has 0 amide bonds. The molecule has 2 aromatic carbocycles. The van der Waals surface area contributed by atoms with E-state index < -0.39 is 0 Å². The summed E-state index contributed by atoms with van der Waals surface area (Å²) in [6, 6.07) is 18.9. The molecule has 25 heavy (non-hydrogen) atoms. The van der Waals surface area contributed by atoms with Gasteiger partial charge in [0.25, 0.3) is 0 Å². The van der Waals surface area contributed by atoms with Gasteiger partial charge >= 0.3 is 0 Å². The van der Waals surface area contributed by atoms with E-state index in [0.717, 1.165) is 12.4 Å². The lowest BCUT2D eigenvalue weighted by molar-refractivity contribution is 0.183. The molecule has 2 nitrogen and oxygen atoms in total. The molecule has 134 valence electrons. The molecular formula is C23H31NO. The largest absolute Gasteiger partial charge is 0.493 e. The zero-order chi connectivity index (χ0) is 17.3. The molecule has 1 aliphatic rings. The van der Waals surface area contributed by atoms with Gasteiger partial charge < -0.3 is 9.64 Å². The average molecular weight is 338 g/mol. The van der Waals surface area contributed by atoms with Crippen molar-refractivity contribution in [2.24, 2.45) is 5.92 Å². The molecule has 1 unspecified atom stereocenters. The van der Waals surface area contributed by atoms with Gasteiger partial charge in [-0.2, -0.15) is 0 Å². The van der Waals surface area contributed by atoms with Crippen molar-refractivity contribution in [1.29, 1.82) is 0 Å². The molecule has 3 rings (SSSR count). The van der Waals surface area contributed by atoms with Gasteiger partial charge in [0.2, 0.25) is 0 Å². The van der Waals surface area contributed by atoms with Crippen LogP contribution < -0.4 is 4.74 Å². The first-order valence-corrected chi connectivity index (χ1v) is 9.86. The first kappa shape index (κ1) is 18.0. The molecule has 1 saturated heterocycles. The van der Waals surface area contributed by atoms with Gasteiger partial charge in [0, 0.05) is 5.56 Å². The first-order valence-electron chi connectivity index (χ1n) is 9.86. The minimum atomic E-state index is 0.630. The highest BCUT2D eigenvalue weighted by atomic mass is 16.5. The van der Waals surface area contributed by atoms with Crippen molar-refractivity contribution in [3.63, 3.8) is 0 Å². The van der Waals surface area contributed by atoms with Crippen LogP contribution in [0.4, 0.5) is 0 Å². The molecule has 1 fully saturated rings. The summed E-state index contributed by atoms with van der Waals surface area (Å²) >= 11 is 0. The van der Waals surface area contributed by atoms with E-state index in [0.29, 0.717) is 5.92 Å². The number of ether oxygens (including phenoxy) is 1. The van der Waals surface area contributed by atoms with Crippen LogP contribution >= 0.6 is 0 Å². The molecule has 2 heteroatoms. The molecular weight excluding hydrogens is 306 g/mol. The Morgan fingerprint density at radius 1 is 0.920 bits per heavy atom. The highest BCUT2D eigenvalue weighted by Crippen LogP contribution is 2.30. The van der Waals surface area contributed by atoms with Gasteiger partial charge in [-0.05, 0) is 56.4 Å². The van der Waals surface area contributed by atoms with Gasteiger partial charge in [0.15, 0.2) is 0 Å². The summed E-state index contributed by atoms with van der Waals surface area (Å²) in [5.74, 6) is 1.64. The molecule has 1 heterocycles. The Bertz CT molecular complexity index is 619. The SMILES string of the molecule is CCC(CCN1CCCCC1)COc1ccccc1-c1ccccc1. The van der Waals surface area contributed by atoms with Gasteiger partial charge in [-0.15, -0.1) is 0 Å². The van der Waals surface area contributed by atoms with Gasteiger partial charge in [-0.25, -0.2) is 0 Å². The molecule has 2 aromatic rings. The summed E-state index contributed by atoms with van der Waals surface area (Å²) in [4.78, 5) is 2.63. The van der Waals surface area contributed by atoms with Gasteiger partial charge in [-0.3, -0.25) is 0 Å². The molecule has 1 aliphatic heterocycles. The number of hydrogen-bond donors (Lipinski definition) is 0. The second-order valence-electron chi connectivity index (χ2n) is 7.14. The summed E-state index contributed by atoms with van der Waals surface area (Å²) in [5, 5.41) is 0. The van der Waals surface area contributed by atoms with Crippen LogP contribution in [0.3, 0.4) is 0 Å². The van der Waals surface area contributed by atoms with Crippen LogP contribution in [0, 0.1) is 5.92 Å². The molecule has 0 aromatic heterocycles. The number of nitrogens with zero attached hydrogens (tertiary/aromatic N) is 1. The van der Waals surface area contributed by atoms with Crippen molar-refractivity contribution in [2.75, 3.05) is 26.2 Å². The van der Waals surface area contributed by atoms with E-state index in [2.05, 4.69) is 66.4 Å². The minimum absolute atomic E-state index is 0.630. The lowest BCUT2D eigenvalue weighted by atomic mass is 10.0. The van der Waals surface area contributed by atoms with Crippen LogP contribution in [-0.2, 0) is 0 Å². The van der Waals surface area contributed by atoms with Crippen molar-refractivity contribution in [3.8, 4) is 16.9 Å². The fraction of sp³-hybridized carbons (Fsp3) is 0.478. The van der Waals surface area contributed by atoms with E-state index >= 15 is 0 Å². The monoisotopic (exact) mass is 337 g/mol. The number of rotatable bonds is 8. The van der Waals surface area contributed by atoms with Crippen LogP contribution in [0.1, 0.15) is 39.0 Å². The van der Waals surface area contributed by atoms with Crippen LogP contribution in [0.5, 0.6) is 5.75 Å². The Morgan fingerprint density at radius 3 is 2.40 bits per heavy atom. The van der Waals surface area contributed by atoms with Gasteiger partial charge in [-0.1, -0.05) is 68.3 Å². The smallest absolute Gasteiger partial charge is 0.127 e. The highest BCUT2D eigenvalue weighted by Gasteiger charge is 2.14. The third-order valence-electron chi connectivity index (χ3n) is 5.33. The van der Waals surface area contributed by atoms with E-state index in [1.54, 1.807) is 0 Å².